The summed E-state index contributed by atoms with van der Waals surface area (Å²) in [5.74, 6) is -0.559. The average Bonchev–Trinajstić information content (AvgIpc) is 2.78. The molecule has 3 rings (SSSR count). The third-order valence-corrected chi connectivity index (χ3v) is 5.70. The van der Waals surface area contributed by atoms with E-state index in [2.05, 4.69) is 0 Å². The molecule has 0 radical (unpaired) electrons. The van der Waals surface area contributed by atoms with Crippen molar-refractivity contribution in [3.63, 3.8) is 0 Å². The van der Waals surface area contributed by atoms with E-state index >= 15 is 0 Å². The highest BCUT2D eigenvalue weighted by Gasteiger charge is 2.37. The van der Waals surface area contributed by atoms with Gasteiger partial charge in [-0.3, -0.25) is 9.69 Å². The van der Waals surface area contributed by atoms with E-state index in [1.807, 2.05) is 0 Å². The maximum Gasteiger partial charge on any atom is 0.266 e. The van der Waals surface area contributed by atoms with Crippen molar-refractivity contribution in [3.8, 4) is 0 Å². The number of benzene rings is 1. The summed E-state index contributed by atoms with van der Waals surface area (Å²) in [6, 6.07) is 4.67. The molecule has 0 aromatic heterocycles. The Morgan fingerprint density at radius 3 is 2.73 bits per heavy atom. The molecule has 22 heavy (non-hydrogen) atoms. The van der Waals surface area contributed by atoms with Crippen molar-refractivity contribution < 1.29 is 9.18 Å². The van der Waals surface area contributed by atoms with Crippen LogP contribution in [0.3, 0.4) is 0 Å². The van der Waals surface area contributed by atoms with Gasteiger partial charge in [0, 0.05) is 11.6 Å². The highest BCUT2D eigenvalue weighted by Crippen LogP contribution is 2.38. The monoisotopic (exact) mass is 355 g/mol. The summed E-state index contributed by atoms with van der Waals surface area (Å²) in [7, 11) is 0. The van der Waals surface area contributed by atoms with Crippen LogP contribution in [0.15, 0.2) is 23.1 Å². The molecule has 1 heterocycles. The normalized spacial score (nSPS) is 21.9. The SMILES string of the molecule is O=C1/C(=C\c2c(F)cccc2Cl)SC(=S)N1C1CCCCC1. The highest BCUT2D eigenvalue weighted by molar-refractivity contribution is 8.26. The van der Waals surface area contributed by atoms with E-state index in [1.165, 1.54) is 30.3 Å². The number of rotatable bonds is 2. The molecule has 1 aromatic rings. The van der Waals surface area contributed by atoms with Crippen molar-refractivity contribution in [1.29, 1.82) is 0 Å². The van der Waals surface area contributed by atoms with Crippen molar-refractivity contribution in [2.24, 2.45) is 0 Å². The van der Waals surface area contributed by atoms with Gasteiger partial charge in [0.1, 0.15) is 10.1 Å². The van der Waals surface area contributed by atoms with E-state index in [0.717, 1.165) is 25.7 Å². The van der Waals surface area contributed by atoms with Crippen molar-refractivity contribution in [2.45, 2.75) is 38.1 Å². The van der Waals surface area contributed by atoms with Crippen LogP contribution in [0.4, 0.5) is 4.39 Å². The first kappa shape index (κ1) is 16.0. The van der Waals surface area contributed by atoms with Crippen LogP contribution in [0.5, 0.6) is 0 Å². The third kappa shape index (κ3) is 3.07. The second kappa shape index (κ2) is 6.69. The van der Waals surface area contributed by atoms with Crippen LogP contribution in [0.2, 0.25) is 5.02 Å². The fraction of sp³-hybridized carbons (Fsp3) is 0.375. The summed E-state index contributed by atoms with van der Waals surface area (Å²) >= 11 is 12.6. The number of hydrogen-bond acceptors (Lipinski definition) is 3. The van der Waals surface area contributed by atoms with Gasteiger partial charge in [-0.15, -0.1) is 0 Å². The summed E-state index contributed by atoms with van der Waals surface area (Å²) in [4.78, 5) is 14.8. The Bertz CT molecular complexity index is 635. The minimum absolute atomic E-state index is 0.124. The first-order chi connectivity index (χ1) is 10.6. The third-order valence-electron chi connectivity index (χ3n) is 4.04. The molecule has 0 atom stereocenters. The summed E-state index contributed by atoms with van der Waals surface area (Å²) in [5.41, 5.74) is 0.244. The van der Waals surface area contributed by atoms with E-state index in [1.54, 1.807) is 17.0 Å². The van der Waals surface area contributed by atoms with E-state index in [0.29, 0.717) is 14.2 Å². The van der Waals surface area contributed by atoms with Crippen molar-refractivity contribution >= 4 is 51.9 Å². The second-order valence-corrected chi connectivity index (χ2v) is 7.56. The van der Waals surface area contributed by atoms with Crippen molar-refractivity contribution in [1.82, 2.24) is 4.90 Å². The Kier molecular flexibility index (Phi) is 4.85. The molecule has 1 saturated heterocycles. The summed E-state index contributed by atoms with van der Waals surface area (Å²) in [6.45, 7) is 0. The number of thiocarbonyl (C=S) groups is 1. The molecule has 6 heteroatoms. The topological polar surface area (TPSA) is 20.3 Å². The molecule has 1 amide bonds. The van der Waals surface area contributed by atoms with E-state index < -0.39 is 5.82 Å². The Morgan fingerprint density at radius 2 is 2.05 bits per heavy atom. The van der Waals surface area contributed by atoms with Gasteiger partial charge in [0.05, 0.1) is 9.93 Å². The summed E-state index contributed by atoms with van der Waals surface area (Å²) < 4.78 is 14.4. The molecule has 0 unspecified atom stereocenters. The maximum atomic E-state index is 13.9. The number of thioether (sulfide) groups is 1. The minimum atomic E-state index is -0.435. The average molecular weight is 356 g/mol. The number of carbonyl (C=O) groups is 1. The van der Waals surface area contributed by atoms with Crippen LogP contribution in [0, 0.1) is 5.82 Å². The largest absolute Gasteiger partial charge is 0.290 e. The number of amides is 1. The zero-order valence-electron chi connectivity index (χ0n) is 11.9. The lowest BCUT2D eigenvalue weighted by Crippen LogP contribution is -2.39. The molecule has 1 saturated carbocycles. The molecule has 1 aromatic carbocycles. The fourth-order valence-corrected chi connectivity index (χ4v) is 4.51. The van der Waals surface area contributed by atoms with Crippen molar-refractivity contribution in [3.05, 3.63) is 39.5 Å². The Balaban J connectivity index is 1.89. The molecule has 2 nitrogen and oxygen atoms in total. The molecule has 2 fully saturated rings. The molecule has 1 aliphatic heterocycles. The minimum Gasteiger partial charge on any atom is -0.290 e. The van der Waals surface area contributed by atoms with Crippen LogP contribution in [-0.4, -0.2) is 21.2 Å². The lowest BCUT2D eigenvalue weighted by molar-refractivity contribution is -0.124. The summed E-state index contributed by atoms with van der Waals surface area (Å²) in [5, 5.41) is 0.294. The van der Waals surface area contributed by atoms with E-state index in [-0.39, 0.29) is 17.5 Å². The van der Waals surface area contributed by atoms with Gasteiger partial charge in [-0.25, -0.2) is 4.39 Å². The smallest absolute Gasteiger partial charge is 0.266 e. The lowest BCUT2D eigenvalue weighted by Gasteiger charge is -2.29. The van der Waals surface area contributed by atoms with Gasteiger partial charge < -0.3 is 0 Å². The molecule has 0 spiro atoms. The van der Waals surface area contributed by atoms with E-state index in [4.69, 9.17) is 23.8 Å². The van der Waals surface area contributed by atoms with Crippen LogP contribution in [0.1, 0.15) is 37.7 Å². The Hall–Kier alpha value is -0.910. The standard InChI is InChI=1S/C16H15ClFNOS2/c17-12-7-4-8-13(18)11(12)9-14-15(20)19(16(21)22-14)10-5-2-1-3-6-10/h4,7-10H,1-3,5-6H2/b14-9+. The number of carbonyl (C=O) groups excluding carboxylic acids is 1. The van der Waals surface area contributed by atoms with Gasteiger partial charge in [0.25, 0.3) is 5.91 Å². The fourth-order valence-electron chi connectivity index (χ4n) is 2.91. The summed E-state index contributed by atoms with van der Waals surface area (Å²) in [6.07, 6.45) is 6.95. The van der Waals surface area contributed by atoms with E-state index in [9.17, 15) is 9.18 Å². The lowest BCUT2D eigenvalue weighted by atomic mass is 9.94. The second-order valence-electron chi connectivity index (χ2n) is 5.48. The molecule has 0 N–H and O–H groups in total. The zero-order valence-corrected chi connectivity index (χ0v) is 14.2. The van der Waals surface area contributed by atoms with Gasteiger partial charge in [0.15, 0.2) is 0 Å². The van der Waals surface area contributed by atoms with Gasteiger partial charge in [0.2, 0.25) is 0 Å². The maximum absolute atomic E-state index is 13.9. The van der Waals surface area contributed by atoms with Crippen LogP contribution in [0.25, 0.3) is 6.08 Å². The molecule has 1 aliphatic carbocycles. The number of hydrogen-bond donors (Lipinski definition) is 0. The first-order valence-electron chi connectivity index (χ1n) is 7.29. The highest BCUT2D eigenvalue weighted by atomic mass is 35.5. The molecule has 116 valence electrons. The molecule has 0 bridgehead atoms. The van der Waals surface area contributed by atoms with Gasteiger partial charge in [-0.1, -0.05) is 60.9 Å². The Labute approximate surface area is 143 Å². The predicted octanol–water partition coefficient (Wildman–Crippen LogP) is 5.01. The first-order valence-corrected chi connectivity index (χ1v) is 8.89. The predicted molar refractivity (Wildman–Crippen MR) is 93.3 cm³/mol. The Morgan fingerprint density at radius 1 is 1.32 bits per heavy atom. The van der Waals surface area contributed by atoms with Gasteiger partial charge in [-0.2, -0.15) is 0 Å². The molecular weight excluding hydrogens is 341 g/mol. The van der Waals surface area contributed by atoms with Crippen molar-refractivity contribution in [2.75, 3.05) is 0 Å². The van der Waals surface area contributed by atoms with Crippen LogP contribution >= 0.6 is 35.6 Å². The zero-order chi connectivity index (χ0) is 15.7. The molecule has 2 aliphatic rings. The van der Waals surface area contributed by atoms with Gasteiger partial charge in [-0.05, 0) is 31.1 Å². The number of halogens is 2. The van der Waals surface area contributed by atoms with Crippen LogP contribution < -0.4 is 0 Å². The van der Waals surface area contributed by atoms with Gasteiger partial charge >= 0.3 is 0 Å². The quantitative estimate of drug-likeness (QED) is 0.549. The molecular formula is C16H15ClFNOS2. The van der Waals surface area contributed by atoms with Crippen LogP contribution in [-0.2, 0) is 4.79 Å². The number of nitrogens with zero attached hydrogens (tertiary/aromatic N) is 1.